The molecular formula is C16H14O6. The highest BCUT2D eigenvalue weighted by atomic mass is 16.6. The average Bonchev–Trinajstić information content (AvgIpc) is 2.47. The molecule has 0 radical (unpaired) electrons. The number of ether oxygens (including phenoxy) is 2. The van der Waals surface area contributed by atoms with E-state index in [1.807, 2.05) is 0 Å². The van der Waals surface area contributed by atoms with Crippen LogP contribution in [0.3, 0.4) is 0 Å². The molecule has 0 saturated carbocycles. The zero-order chi connectivity index (χ0) is 16.5. The maximum absolute atomic E-state index is 11.9. The van der Waals surface area contributed by atoms with Crippen molar-refractivity contribution in [2.75, 3.05) is 0 Å². The largest absolute Gasteiger partial charge is 0.389 e. The van der Waals surface area contributed by atoms with Crippen molar-refractivity contribution in [1.29, 1.82) is 0 Å². The zero-order valence-electron chi connectivity index (χ0n) is 11.7. The van der Waals surface area contributed by atoms with E-state index in [1.54, 1.807) is 0 Å². The van der Waals surface area contributed by atoms with E-state index in [0.29, 0.717) is 0 Å². The summed E-state index contributed by atoms with van der Waals surface area (Å²) in [5.74, 6) is -3.61. The first-order valence-corrected chi connectivity index (χ1v) is 6.30. The molecule has 0 aliphatic rings. The molecule has 6 heteroatoms. The van der Waals surface area contributed by atoms with Crippen LogP contribution in [0.1, 0.15) is 33.6 Å². The van der Waals surface area contributed by atoms with Crippen LogP contribution in [-0.2, 0) is 19.1 Å². The number of benzene rings is 1. The van der Waals surface area contributed by atoms with Gasteiger partial charge in [-0.2, -0.15) is 0 Å². The Morgan fingerprint density at radius 1 is 0.818 bits per heavy atom. The monoisotopic (exact) mass is 302 g/mol. The van der Waals surface area contributed by atoms with Gasteiger partial charge in [0.25, 0.3) is 0 Å². The van der Waals surface area contributed by atoms with Gasteiger partial charge in [0, 0.05) is 0 Å². The van der Waals surface area contributed by atoms with E-state index in [-0.39, 0.29) is 24.0 Å². The summed E-state index contributed by atoms with van der Waals surface area (Å²) in [6.07, 6.45) is 2.28. The Hall–Kier alpha value is -3.02. The molecule has 1 aromatic carbocycles. The van der Waals surface area contributed by atoms with Crippen LogP contribution >= 0.6 is 0 Å². The van der Waals surface area contributed by atoms with Gasteiger partial charge in [0.15, 0.2) is 0 Å². The molecule has 1 aromatic rings. The van der Waals surface area contributed by atoms with Gasteiger partial charge < -0.3 is 9.47 Å². The predicted molar refractivity (Wildman–Crippen MR) is 76.9 cm³/mol. The third-order valence-electron chi connectivity index (χ3n) is 2.40. The third kappa shape index (κ3) is 4.82. The second-order valence-corrected chi connectivity index (χ2v) is 4.05. The first-order valence-electron chi connectivity index (χ1n) is 6.30. The van der Waals surface area contributed by atoms with Gasteiger partial charge in [0.1, 0.15) is 0 Å². The first-order chi connectivity index (χ1) is 10.5. The van der Waals surface area contributed by atoms with Crippen LogP contribution in [0.25, 0.3) is 0 Å². The molecule has 0 heterocycles. The second kappa shape index (κ2) is 8.31. The number of esters is 4. The van der Waals surface area contributed by atoms with Gasteiger partial charge in [0.2, 0.25) is 0 Å². The normalized spacial score (nSPS) is 9.45. The molecule has 6 nitrogen and oxygen atoms in total. The summed E-state index contributed by atoms with van der Waals surface area (Å²) in [6.45, 7) is 6.69. The van der Waals surface area contributed by atoms with Crippen molar-refractivity contribution < 1.29 is 28.7 Å². The molecule has 0 saturated heterocycles. The quantitative estimate of drug-likeness (QED) is 0.455. The minimum atomic E-state index is -1.00. The molecule has 1 rings (SSSR count). The Morgan fingerprint density at radius 2 is 1.18 bits per heavy atom. The highest BCUT2D eigenvalue weighted by molar-refractivity contribution is 6.07. The Balaban J connectivity index is 2.93. The lowest BCUT2D eigenvalue weighted by molar-refractivity contribution is -0.138. The molecule has 0 atom stereocenters. The van der Waals surface area contributed by atoms with Crippen LogP contribution in [0.5, 0.6) is 0 Å². The van der Waals surface area contributed by atoms with E-state index in [1.165, 1.54) is 36.4 Å². The molecular weight excluding hydrogens is 288 g/mol. The maximum Gasteiger partial charge on any atom is 0.346 e. The molecule has 0 aliphatic heterocycles. The molecule has 0 aliphatic carbocycles. The number of carbonyl (C=O) groups excluding carboxylic acids is 4. The van der Waals surface area contributed by atoms with E-state index in [4.69, 9.17) is 0 Å². The van der Waals surface area contributed by atoms with E-state index >= 15 is 0 Å². The Kier molecular flexibility index (Phi) is 6.43. The Labute approximate surface area is 127 Å². The first kappa shape index (κ1) is 17.0. The van der Waals surface area contributed by atoms with Crippen LogP contribution < -0.4 is 0 Å². The fourth-order valence-corrected chi connectivity index (χ4v) is 1.47. The standard InChI is InChI=1S/C16H14O6/c1-3-7-13(17)21-15(19)11-9-5-6-10-12(11)16(20)22-14(18)8-4-2/h3-6,9-10H,1-2,7-8H2. The number of carbonyl (C=O) groups is 4. The number of rotatable bonds is 6. The van der Waals surface area contributed by atoms with Crippen molar-refractivity contribution in [1.82, 2.24) is 0 Å². The van der Waals surface area contributed by atoms with Gasteiger partial charge >= 0.3 is 23.9 Å². The fourth-order valence-electron chi connectivity index (χ4n) is 1.47. The van der Waals surface area contributed by atoms with Gasteiger partial charge in [-0.15, -0.1) is 13.2 Å². The Bertz CT molecular complexity index is 574. The molecule has 0 bridgehead atoms. The third-order valence-corrected chi connectivity index (χ3v) is 2.40. The molecule has 22 heavy (non-hydrogen) atoms. The minimum absolute atomic E-state index is 0.143. The summed E-state index contributed by atoms with van der Waals surface area (Å²) in [6, 6.07) is 5.55. The summed E-state index contributed by atoms with van der Waals surface area (Å²) < 4.78 is 9.12. The fraction of sp³-hybridized carbons (Fsp3) is 0.125. The van der Waals surface area contributed by atoms with E-state index in [9.17, 15) is 19.2 Å². The van der Waals surface area contributed by atoms with Gasteiger partial charge in [-0.3, -0.25) is 9.59 Å². The topological polar surface area (TPSA) is 86.7 Å². The lowest BCUT2D eigenvalue weighted by Crippen LogP contribution is -2.18. The van der Waals surface area contributed by atoms with Crippen molar-refractivity contribution in [3.05, 3.63) is 60.7 Å². The number of hydrogen-bond donors (Lipinski definition) is 0. The minimum Gasteiger partial charge on any atom is -0.389 e. The van der Waals surface area contributed by atoms with Crippen LogP contribution in [0.4, 0.5) is 0 Å². The van der Waals surface area contributed by atoms with Crippen molar-refractivity contribution in [3.8, 4) is 0 Å². The zero-order valence-corrected chi connectivity index (χ0v) is 11.7. The van der Waals surface area contributed by atoms with Crippen LogP contribution in [0.15, 0.2) is 49.6 Å². The molecule has 0 amide bonds. The smallest absolute Gasteiger partial charge is 0.346 e. The van der Waals surface area contributed by atoms with Gasteiger partial charge in [-0.25, -0.2) is 9.59 Å². The van der Waals surface area contributed by atoms with E-state index in [0.717, 1.165) is 0 Å². The lowest BCUT2D eigenvalue weighted by Gasteiger charge is -2.07. The predicted octanol–water partition coefficient (Wildman–Crippen LogP) is 2.21. The van der Waals surface area contributed by atoms with Crippen molar-refractivity contribution >= 4 is 23.9 Å². The average molecular weight is 302 g/mol. The molecule has 114 valence electrons. The van der Waals surface area contributed by atoms with Gasteiger partial charge in [0.05, 0.1) is 24.0 Å². The molecule has 0 spiro atoms. The van der Waals surface area contributed by atoms with Crippen LogP contribution in [0.2, 0.25) is 0 Å². The van der Waals surface area contributed by atoms with E-state index < -0.39 is 23.9 Å². The Morgan fingerprint density at radius 3 is 1.50 bits per heavy atom. The lowest BCUT2D eigenvalue weighted by atomic mass is 10.1. The van der Waals surface area contributed by atoms with Crippen LogP contribution in [-0.4, -0.2) is 23.9 Å². The van der Waals surface area contributed by atoms with Crippen LogP contribution in [0, 0.1) is 0 Å². The number of hydrogen-bond acceptors (Lipinski definition) is 6. The summed E-state index contributed by atoms with van der Waals surface area (Å²) in [5, 5.41) is 0. The van der Waals surface area contributed by atoms with Crippen molar-refractivity contribution in [3.63, 3.8) is 0 Å². The van der Waals surface area contributed by atoms with Gasteiger partial charge in [-0.1, -0.05) is 24.3 Å². The van der Waals surface area contributed by atoms with Crippen molar-refractivity contribution in [2.24, 2.45) is 0 Å². The van der Waals surface area contributed by atoms with Gasteiger partial charge in [-0.05, 0) is 12.1 Å². The molecule has 0 aromatic heterocycles. The molecule has 0 unspecified atom stereocenters. The van der Waals surface area contributed by atoms with E-state index in [2.05, 4.69) is 22.6 Å². The summed E-state index contributed by atoms with van der Waals surface area (Å²) in [4.78, 5) is 46.3. The molecule has 0 N–H and O–H groups in total. The maximum atomic E-state index is 11.9. The highest BCUT2D eigenvalue weighted by Gasteiger charge is 2.22. The summed E-state index contributed by atoms with van der Waals surface area (Å²) in [7, 11) is 0. The summed E-state index contributed by atoms with van der Waals surface area (Å²) in [5.41, 5.74) is -0.340. The van der Waals surface area contributed by atoms with Crippen molar-refractivity contribution in [2.45, 2.75) is 12.8 Å². The highest BCUT2D eigenvalue weighted by Crippen LogP contribution is 2.13. The second-order valence-electron chi connectivity index (χ2n) is 4.05. The summed E-state index contributed by atoms with van der Waals surface area (Å²) >= 11 is 0. The molecule has 0 fully saturated rings. The SMILES string of the molecule is C=CCC(=O)OC(=O)c1ccccc1C(=O)OC(=O)CC=C.